The summed E-state index contributed by atoms with van der Waals surface area (Å²) in [7, 11) is 1.88. The van der Waals surface area contributed by atoms with Gasteiger partial charge in [-0.15, -0.1) is 0 Å². The molecule has 0 heterocycles. The van der Waals surface area contributed by atoms with E-state index in [2.05, 4.69) is 17.6 Å². The molecule has 0 aromatic heterocycles. The summed E-state index contributed by atoms with van der Waals surface area (Å²) < 4.78 is 0. The van der Waals surface area contributed by atoms with E-state index < -0.39 is 0 Å². The van der Waals surface area contributed by atoms with Gasteiger partial charge >= 0.3 is 0 Å². The summed E-state index contributed by atoms with van der Waals surface area (Å²) in [5, 5.41) is 7.15. The minimum atomic E-state index is 0.547. The molecular formula is C11H20N2S. The average Bonchev–Trinajstić information content (AvgIpc) is 2.78. The molecule has 2 aliphatic carbocycles. The lowest BCUT2D eigenvalue weighted by Crippen LogP contribution is -2.43. The maximum Gasteiger partial charge on any atom is 0.166 e. The van der Waals surface area contributed by atoms with Gasteiger partial charge in [-0.1, -0.05) is 6.42 Å². The Morgan fingerprint density at radius 1 is 1.36 bits per heavy atom. The molecule has 0 aromatic rings. The number of thiocarbonyl (C=S) groups is 1. The zero-order valence-electron chi connectivity index (χ0n) is 9.05. The number of nitrogens with one attached hydrogen (secondary N) is 2. The second-order valence-corrected chi connectivity index (χ2v) is 5.26. The second-order valence-electron chi connectivity index (χ2n) is 4.85. The van der Waals surface area contributed by atoms with Gasteiger partial charge in [0.2, 0.25) is 0 Å². The largest absolute Gasteiger partial charge is 0.366 e. The van der Waals surface area contributed by atoms with Crippen molar-refractivity contribution in [3.8, 4) is 0 Å². The fourth-order valence-corrected chi connectivity index (χ4v) is 3.48. The van der Waals surface area contributed by atoms with Gasteiger partial charge in [0.25, 0.3) is 0 Å². The molecule has 2 bridgehead atoms. The third-order valence-corrected chi connectivity index (χ3v) is 4.34. The molecule has 2 fully saturated rings. The minimum absolute atomic E-state index is 0.547. The van der Waals surface area contributed by atoms with Gasteiger partial charge in [-0.3, -0.25) is 0 Å². The highest BCUT2D eigenvalue weighted by Gasteiger charge is 2.41. The maximum atomic E-state index is 5.13. The number of rotatable bonds is 2. The predicted octanol–water partition coefficient (Wildman–Crippen LogP) is 1.90. The van der Waals surface area contributed by atoms with Crippen molar-refractivity contribution >= 4 is 17.3 Å². The lowest BCUT2D eigenvalue weighted by Gasteiger charge is -2.29. The first kappa shape index (κ1) is 10.2. The van der Waals surface area contributed by atoms with E-state index in [1.807, 2.05) is 7.05 Å². The van der Waals surface area contributed by atoms with Crippen LogP contribution in [0, 0.1) is 17.8 Å². The van der Waals surface area contributed by atoms with E-state index in [1.54, 1.807) is 0 Å². The summed E-state index contributed by atoms with van der Waals surface area (Å²) >= 11 is 5.13. The minimum Gasteiger partial charge on any atom is -0.366 e. The standard InChI is InChI=1S/C11H20N2S/c1-7(13-11(14)12-2)10-6-8-3-4-9(10)5-8/h7-10H,3-6H2,1-2H3,(H2,12,13,14). The van der Waals surface area contributed by atoms with Gasteiger partial charge in [-0.05, 0) is 56.2 Å². The molecule has 2 saturated carbocycles. The van der Waals surface area contributed by atoms with Gasteiger partial charge in [-0.2, -0.15) is 0 Å². The summed E-state index contributed by atoms with van der Waals surface area (Å²) in [6.07, 6.45) is 5.83. The molecule has 2 rings (SSSR count). The van der Waals surface area contributed by atoms with Crippen molar-refractivity contribution in [3.63, 3.8) is 0 Å². The van der Waals surface area contributed by atoms with Crippen LogP contribution in [0.2, 0.25) is 0 Å². The van der Waals surface area contributed by atoms with E-state index in [9.17, 15) is 0 Å². The van der Waals surface area contributed by atoms with Crippen LogP contribution >= 0.6 is 12.2 Å². The Labute approximate surface area is 91.8 Å². The molecule has 80 valence electrons. The molecule has 4 atom stereocenters. The molecule has 0 radical (unpaired) electrons. The van der Waals surface area contributed by atoms with Gasteiger partial charge in [0.1, 0.15) is 0 Å². The van der Waals surface area contributed by atoms with Crippen molar-refractivity contribution in [2.24, 2.45) is 17.8 Å². The van der Waals surface area contributed by atoms with Gasteiger partial charge < -0.3 is 10.6 Å². The highest BCUT2D eigenvalue weighted by atomic mass is 32.1. The van der Waals surface area contributed by atoms with Crippen LogP contribution in [-0.4, -0.2) is 18.2 Å². The Hall–Kier alpha value is -0.310. The number of fused-ring (bicyclic) bond motifs is 2. The third-order valence-electron chi connectivity index (χ3n) is 4.02. The van der Waals surface area contributed by atoms with Crippen molar-refractivity contribution < 1.29 is 0 Å². The lowest BCUT2D eigenvalue weighted by atomic mass is 9.84. The Morgan fingerprint density at radius 2 is 2.14 bits per heavy atom. The monoisotopic (exact) mass is 212 g/mol. The molecule has 0 amide bonds. The highest BCUT2D eigenvalue weighted by molar-refractivity contribution is 7.80. The zero-order chi connectivity index (χ0) is 10.1. The average molecular weight is 212 g/mol. The molecule has 0 saturated heterocycles. The molecule has 0 aliphatic heterocycles. The molecule has 14 heavy (non-hydrogen) atoms. The normalized spacial score (nSPS) is 36.9. The van der Waals surface area contributed by atoms with Gasteiger partial charge in [0.15, 0.2) is 5.11 Å². The molecule has 0 spiro atoms. The molecular weight excluding hydrogens is 192 g/mol. The van der Waals surface area contributed by atoms with E-state index in [0.29, 0.717) is 6.04 Å². The topological polar surface area (TPSA) is 24.1 Å². The van der Waals surface area contributed by atoms with Crippen LogP contribution in [0.3, 0.4) is 0 Å². The molecule has 2 aliphatic rings. The van der Waals surface area contributed by atoms with Crippen LogP contribution in [0.15, 0.2) is 0 Å². The second kappa shape index (κ2) is 4.05. The number of hydrogen-bond donors (Lipinski definition) is 2. The molecule has 2 nitrogen and oxygen atoms in total. The first-order valence-electron chi connectivity index (χ1n) is 5.69. The van der Waals surface area contributed by atoms with Crippen LogP contribution in [-0.2, 0) is 0 Å². The van der Waals surface area contributed by atoms with Crippen LogP contribution in [0.1, 0.15) is 32.6 Å². The van der Waals surface area contributed by atoms with Crippen LogP contribution in [0.5, 0.6) is 0 Å². The van der Waals surface area contributed by atoms with Gasteiger partial charge in [0, 0.05) is 13.1 Å². The van der Waals surface area contributed by atoms with Crippen LogP contribution < -0.4 is 10.6 Å². The van der Waals surface area contributed by atoms with Crippen molar-refractivity contribution in [3.05, 3.63) is 0 Å². The third kappa shape index (κ3) is 1.88. The summed E-state index contributed by atoms with van der Waals surface area (Å²) in [6, 6.07) is 0.547. The van der Waals surface area contributed by atoms with Crippen molar-refractivity contribution in [2.75, 3.05) is 7.05 Å². The number of hydrogen-bond acceptors (Lipinski definition) is 1. The lowest BCUT2D eigenvalue weighted by molar-refractivity contribution is 0.278. The van der Waals surface area contributed by atoms with E-state index in [-0.39, 0.29) is 0 Å². The van der Waals surface area contributed by atoms with E-state index in [0.717, 1.165) is 22.9 Å². The van der Waals surface area contributed by atoms with E-state index >= 15 is 0 Å². The summed E-state index contributed by atoms with van der Waals surface area (Å²) in [6.45, 7) is 2.27. The smallest absolute Gasteiger partial charge is 0.166 e. The quantitative estimate of drug-likeness (QED) is 0.684. The van der Waals surface area contributed by atoms with Crippen molar-refractivity contribution in [1.82, 2.24) is 10.6 Å². The summed E-state index contributed by atoms with van der Waals surface area (Å²) in [5.74, 6) is 2.86. The van der Waals surface area contributed by atoms with Crippen molar-refractivity contribution in [1.29, 1.82) is 0 Å². The molecule has 2 N–H and O–H groups in total. The zero-order valence-corrected chi connectivity index (χ0v) is 9.86. The van der Waals surface area contributed by atoms with Gasteiger partial charge in [0.05, 0.1) is 0 Å². The van der Waals surface area contributed by atoms with Crippen LogP contribution in [0.4, 0.5) is 0 Å². The highest BCUT2D eigenvalue weighted by Crippen LogP contribution is 2.49. The Bertz CT molecular complexity index is 229. The predicted molar refractivity (Wildman–Crippen MR) is 63.2 cm³/mol. The maximum absolute atomic E-state index is 5.13. The fourth-order valence-electron chi connectivity index (χ4n) is 3.29. The summed E-state index contributed by atoms with van der Waals surface area (Å²) in [5.41, 5.74) is 0. The molecule has 4 unspecified atom stereocenters. The summed E-state index contributed by atoms with van der Waals surface area (Å²) in [4.78, 5) is 0. The van der Waals surface area contributed by atoms with Crippen LogP contribution in [0.25, 0.3) is 0 Å². The Morgan fingerprint density at radius 3 is 2.64 bits per heavy atom. The van der Waals surface area contributed by atoms with E-state index in [1.165, 1.54) is 25.7 Å². The van der Waals surface area contributed by atoms with Gasteiger partial charge in [-0.25, -0.2) is 0 Å². The van der Waals surface area contributed by atoms with E-state index in [4.69, 9.17) is 12.2 Å². The molecule has 3 heteroatoms. The van der Waals surface area contributed by atoms with Crippen molar-refractivity contribution in [2.45, 2.75) is 38.6 Å². The Kier molecular flexibility index (Phi) is 2.96. The molecule has 0 aromatic carbocycles. The Balaban J connectivity index is 1.86. The SMILES string of the molecule is CNC(=S)NC(C)C1CC2CCC1C2. The first-order valence-corrected chi connectivity index (χ1v) is 6.09. The first-order chi connectivity index (χ1) is 6.70. The fraction of sp³-hybridized carbons (Fsp3) is 0.909.